The molecule has 3 heteroatoms. The lowest BCUT2D eigenvalue weighted by Crippen LogP contribution is -2.48. The summed E-state index contributed by atoms with van der Waals surface area (Å²) in [6.07, 6.45) is 1.13. The molecule has 86 valence electrons. The number of hydrogen-bond acceptors (Lipinski definition) is 3. The predicted octanol–water partition coefficient (Wildman–Crippen LogP) is 1.08. The lowest BCUT2D eigenvalue weighted by Gasteiger charge is -2.30. The Kier molecular flexibility index (Phi) is 6.33. The average Bonchev–Trinajstić information content (AvgIpc) is 2.00. The fourth-order valence-electron chi connectivity index (χ4n) is 1.52. The molecule has 0 aliphatic carbocycles. The monoisotopic (exact) mass is 202 g/mol. The molecular formula is C11H26N2O. The third-order valence-electron chi connectivity index (χ3n) is 2.11. The molecule has 0 rings (SSSR count). The normalized spacial score (nSPS) is 16.3. The third-order valence-corrected chi connectivity index (χ3v) is 2.11. The van der Waals surface area contributed by atoms with E-state index in [4.69, 9.17) is 0 Å². The van der Waals surface area contributed by atoms with E-state index in [0.29, 0.717) is 12.6 Å². The lowest BCUT2D eigenvalue weighted by atomic mass is 10.1. The summed E-state index contributed by atoms with van der Waals surface area (Å²) in [5, 5.41) is 13.3. The second-order valence-electron chi connectivity index (χ2n) is 4.77. The van der Waals surface area contributed by atoms with E-state index >= 15 is 0 Å². The maximum absolute atomic E-state index is 10.1. The Bertz CT molecular complexity index is 146. The van der Waals surface area contributed by atoms with E-state index in [2.05, 4.69) is 31.0 Å². The topological polar surface area (TPSA) is 35.5 Å². The number of nitrogens with zero attached hydrogens (tertiary/aromatic N) is 1. The fraction of sp³-hybridized carbons (Fsp3) is 1.00. The molecule has 0 fully saturated rings. The number of hydrogen-bond donors (Lipinski definition) is 2. The highest BCUT2D eigenvalue weighted by Crippen LogP contribution is 2.04. The summed E-state index contributed by atoms with van der Waals surface area (Å²) in [5.74, 6) is 0. The van der Waals surface area contributed by atoms with Crippen molar-refractivity contribution in [2.24, 2.45) is 0 Å². The van der Waals surface area contributed by atoms with E-state index in [9.17, 15) is 5.11 Å². The highest BCUT2D eigenvalue weighted by molar-refractivity contribution is 4.79. The van der Waals surface area contributed by atoms with Gasteiger partial charge in [-0.2, -0.15) is 0 Å². The van der Waals surface area contributed by atoms with Gasteiger partial charge in [-0.15, -0.1) is 0 Å². The summed E-state index contributed by atoms with van der Waals surface area (Å²) in [4.78, 5) is 2.17. The van der Waals surface area contributed by atoms with Crippen LogP contribution < -0.4 is 5.32 Å². The highest BCUT2D eigenvalue weighted by Gasteiger charge is 2.21. The van der Waals surface area contributed by atoms with Crippen LogP contribution in [0.15, 0.2) is 0 Å². The Morgan fingerprint density at radius 2 is 2.00 bits per heavy atom. The van der Waals surface area contributed by atoms with Gasteiger partial charge >= 0.3 is 0 Å². The molecule has 1 unspecified atom stereocenters. The highest BCUT2D eigenvalue weighted by atomic mass is 16.3. The van der Waals surface area contributed by atoms with Gasteiger partial charge in [0.05, 0.1) is 5.60 Å². The van der Waals surface area contributed by atoms with Crippen molar-refractivity contribution in [1.82, 2.24) is 10.2 Å². The molecule has 0 aromatic carbocycles. The van der Waals surface area contributed by atoms with Crippen molar-refractivity contribution in [3.05, 3.63) is 0 Å². The maximum Gasteiger partial charge on any atom is 0.0869 e. The molecule has 0 heterocycles. The zero-order valence-corrected chi connectivity index (χ0v) is 10.3. The van der Waals surface area contributed by atoms with E-state index in [1.54, 1.807) is 0 Å². The first kappa shape index (κ1) is 13.9. The molecule has 1 atom stereocenters. The van der Waals surface area contributed by atoms with Gasteiger partial charge in [0.15, 0.2) is 0 Å². The summed E-state index contributed by atoms with van der Waals surface area (Å²) in [7, 11) is 2.05. The molecule has 0 radical (unpaired) electrons. The van der Waals surface area contributed by atoms with Gasteiger partial charge in [0.25, 0.3) is 0 Å². The number of nitrogens with one attached hydrogen (secondary N) is 1. The largest absolute Gasteiger partial charge is 0.388 e. The van der Waals surface area contributed by atoms with Gasteiger partial charge in [-0.3, -0.25) is 0 Å². The third kappa shape index (κ3) is 7.30. The lowest BCUT2D eigenvalue weighted by molar-refractivity contribution is 0.0260. The van der Waals surface area contributed by atoms with Gasteiger partial charge in [-0.25, -0.2) is 0 Å². The summed E-state index contributed by atoms with van der Waals surface area (Å²) in [5.41, 5.74) is -0.631. The van der Waals surface area contributed by atoms with Crippen LogP contribution in [-0.2, 0) is 0 Å². The molecule has 0 aliphatic heterocycles. The minimum Gasteiger partial charge on any atom is -0.388 e. The van der Waals surface area contributed by atoms with Gasteiger partial charge in [0, 0.05) is 19.1 Å². The number of aliphatic hydroxyl groups is 1. The first-order chi connectivity index (χ1) is 6.37. The molecule has 3 nitrogen and oxygen atoms in total. The van der Waals surface area contributed by atoms with E-state index in [0.717, 1.165) is 19.5 Å². The minimum absolute atomic E-state index is 0.429. The first-order valence-corrected chi connectivity index (χ1v) is 5.51. The van der Waals surface area contributed by atoms with Crippen LogP contribution in [0.2, 0.25) is 0 Å². The average molecular weight is 202 g/mol. The van der Waals surface area contributed by atoms with Gasteiger partial charge in [-0.1, -0.05) is 20.8 Å². The van der Waals surface area contributed by atoms with Crippen LogP contribution in [-0.4, -0.2) is 48.3 Å². The van der Waals surface area contributed by atoms with Crippen LogP contribution in [0, 0.1) is 0 Å². The van der Waals surface area contributed by atoms with Crippen LogP contribution in [0.5, 0.6) is 0 Å². The SMILES string of the molecule is CCCN(C)CC(C)(O)CNC(C)C. The second kappa shape index (κ2) is 6.38. The van der Waals surface area contributed by atoms with Gasteiger partial charge in [-0.05, 0) is 26.9 Å². The molecule has 0 spiro atoms. The predicted molar refractivity (Wildman–Crippen MR) is 61.6 cm³/mol. The molecule has 0 saturated carbocycles. The summed E-state index contributed by atoms with van der Waals surface area (Å²) < 4.78 is 0. The van der Waals surface area contributed by atoms with Gasteiger partial charge in [0.1, 0.15) is 0 Å². The van der Waals surface area contributed by atoms with Crippen molar-refractivity contribution in [2.75, 3.05) is 26.7 Å². The van der Waals surface area contributed by atoms with Crippen LogP contribution in [0.3, 0.4) is 0 Å². The molecule has 14 heavy (non-hydrogen) atoms. The van der Waals surface area contributed by atoms with Crippen LogP contribution >= 0.6 is 0 Å². The van der Waals surface area contributed by atoms with Crippen molar-refractivity contribution >= 4 is 0 Å². The van der Waals surface area contributed by atoms with Crippen molar-refractivity contribution in [1.29, 1.82) is 0 Å². The van der Waals surface area contributed by atoms with Crippen LogP contribution in [0.4, 0.5) is 0 Å². The Balaban J connectivity index is 3.81. The van der Waals surface area contributed by atoms with E-state index in [1.807, 2.05) is 14.0 Å². The molecular weight excluding hydrogens is 176 g/mol. The molecule has 0 aromatic rings. The minimum atomic E-state index is -0.631. The van der Waals surface area contributed by atoms with Crippen molar-refractivity contribution in [3.63, 3.8) is 0 Å². The molecule has 0 amide bonds. The van der Waals surface area contributed by atoms with E-state index in [1.165, 1.54) is 0 Å². The summed E-state index contributed by atoms with van der Waals surface area (Å²) in [6, 6.07) is 0.429. The molecule has 0 bridgehead atoms. The maximum atomic E-state index is 10.1. The van der Waals surface area contributed by atoms with Crippen molar-refractivity contribution in [3.8, 4) is 0 Å². The van der Waals surface area contributed by atoms with Gasteiger partial charge < -0.3 is 15.3 Å². The van der Waals surface area contributed by atoms with E-state index < -0.39 is 5.60 Å². The van der Waals surface area contributed by atoms with Crippen LogP contribution in [0.25, 0.3) is 0 Å². The zero-order chi connectivity index (χ0) is 11.2. The Morgan fingerprint density at radius 1 is 1.43 bits per heavy atom. The molecule has 0 aliphatic rings. The zero-order valence-electron chi connectivity index (χ0n) is 10.3. The molecule has 0 saturated heterocycles. The first-order valence-electron chi connectivity index (χ1n) is 5.51. The Labute approximate surface area is 88.5 Å². The summed E-state index contributed by atoms with van der Waals surface area (Å²) >= 11 is 0. The Morgan fingerprint density at radius 3 is 2.43 bits per heavy atom. The second-order valence-corrected chi connectivity index (χ2v) is 4.77. The fourth-order valence-corrected chi connectivity index (χ4v) is 1.52. The van der Waals surface area contributed by atoms with Crippen LogP contribution in [0.1, 0.15) is 34.1 Å². The standard InChI is InChI=1S/C11H26N2O/c1-6-7-13(5)9-11(4,14)8-12-10(2)3/h10,12,14H,6-9H2,1-5H3. The van der Waals surface area contributed by atoms with E-state index in [-0.39, 0.29) is 0 Å². The quantitative estimate of drug-likeness (QED) is 0.648. The summed E-state index contributed by atoms with van der Waals surface area (Å²) in [6.45, 7) is 10.6. The van der Waals surface area contributed by atoms with Crippen molar-refractivity contribution in [2.45, 2.75) is 45.8 Å². The van der Waals surface area contributed by atoms with Gasteiger partial charge in [0.2, 0.25) is 0 Å². The molecule has 0 aromatic heterocycles. The Hall–Kier alpha value is -0.120. The van der Waals surface area contributed by atoms with Crippen molar-refractivity contribution < 1.29 is 5.11 Å². The smallest absolute Gasteiger partial charge is 0.0869 e. The number of rotatable bonds is 7. The molecule has 2 N–H and O–H groups in total. The number of likely N-dealkylation sites (N-methyl/N-ethyl adjacent to an activating group) is 1.